The second-order valence-electron chi connectivity index (χ2n) is 7.90. The minimum atomic E-state index is -2.76. The number of alkyl halides is 2. The Morgan fingerprint density at radius 3 is 2.67 bits per heavy atom. The highest BCUT2D eigenvalue weighted by Crippen LogP contribution is 2.47. The summed E-state index contributed by atoms with van der Waals surface area (Å²) in [6.45, 7) is 1.54. The van der Waals surface area contributed by atoms with Gasteiger partial charge in [0.15, 0.2) is 0 Å². The van der Waals surface area contributed by atoms with Crippen LogP contribution in [0.3, 0.4) is 0 Å². The lowest BCUT2D eigenvalue weighted by Gasteiger charge is -2.36. The number of carbonyl (C=O) groups excluding carboxylic acids is 1. The van der Waals surface area contributed by atoms with E-state index >= 15 is 0 Å². The number of rotatable bonds is 5. The van der Waals surface area contributed by atoms with Crippen LogP contribution in [-0.2, 0) is 10.4 Å². The Balaban J connectivity index is 1.63. The molecule has 1 aromatic heterocycles. The zero-order chi connectivity index (χ0) is 21.5. The third-order valence-corrected chi connectivity index (χ3v) is 5.40. The Hall–Kier alpha value is -3.31. The van der Waals surface area contributed by atoms with Crippen LogP contribution in [0, 0.1) is 11.3 Å². The van der Waals surface area contributed by atoms with Gasteiger partial charge in [-0.05, 0) is 30.7 Å². The van der Waals surface area contributed by atoms with Crippen LogP contribution in [0.15, 0.2) is 48.5 Å². The number of fused-ring (bicyclic) bond motifs is 1. The molecule has 0 saturated heterocycles. The first-order chi connectivity index (χ1) is 14.2. The Kier molecular flexibility index (Phi) is 4.79. The molecule has 0 spiro atoms. The molecule has 2 aromatic carbocycles. The van der Waals surface area contributed by atoms with E-state index in [9.17, 15) is 23.9 Å². The molecule has 2 N–H and O–H groups in total. The molecule has 1 amide bonds. The number of nitriles is 1. The average molecular weight is 410 g/mol. The van der Waals surface area contributed by atoms with E-state index in [1.54, 1.807) is 47.0 Å². The molecule has 3 aromatic rings. The summed E-state index contributed by atoms with van der Waals surface area (Å²) in [6, 6.07) is 15.1. The van der Waals surface area contributed by atoms with Gasteiger partial charge in [0.05, 0.1) is 34.7 Å². The molecule has 6 nitrogen and oxygen atoms in total. The normalized spacial score (nSPS) is 17.7. The third-order valence-electron chi connectivity index (χ3n) is 5.40. The van der Waals surface area contributed by atoms with Gasteiger partial charge >= 0.3 is 0 Å². The van der Waals surface area contributed by atoms with Crippen LogP contribution in [0.2, 0.25) is 0 Å². The van der Waals surface area contributed by atoms with Gasteiger partial charge in [0.2, 0.25) is 11.9 Å². The van der Waals surface area contributed by atoms with Gasteiger partial charge in [-0.15, -0.1) is 0 Å². The highest BCUT2D eigenvalue weighted by atomic mass is 19.3. The van der Waals surface area contributed by atoms with Crippen molar-refractivity contribution in [3.63, 3.8) is 0 Å². The summed E-state index contributed by atoms with van der Waals surface area (Å²) in [7, 11) is 0. The summed E-state index contributed by atoms with van der Waals surface area (Å²) in [4.78, 5) is 17.1. The molecule has 0 unspecified atom stereocenters. The molecular formula is C22H20F2N4O2. The molecule has 154 valence electrons. The number of anilines is 1. The van der Waals surface area contributed by atoms with E-state index in [4.69, 9.17) is 0 Å². The molecule has 1 fully saturated rings. The molecule has 1 aliphatic rings. The van der Waals surface area contributed by atoms with Crippen molar-refractivity contribution >= 4 is 22.9 Å². The van der Waals surface area contributed by atoms with E-state index in [-0.39, 0.29) is 25.2 Å². The predicted octanol–water partition coefficient (Wildman–Crippen LogP) is 4.11. The Labute approximate surface area is 171 Å². The molecule has 0 bridgehead atoms. The molecule has 1 heterocycles. The summed E-state index contributed by atoms with van der Waals surface area (Å²) in [6.07, 6.45) is -0.954. The number of hydrogen-bond acceptors (Lipinski definition) is 4. The van der Waals surface area contributed by atoms with E-state index < -0.39 is 23.5 Å². The van der Waals surface area contributed by atoms with Crippen molar-refractivity contribution < 1.29 is 18.7 Å². The number of nitrogens with one attached hydrogen (secondary N) is 1. The van der Waals surface area contributed by atoms with Gasteiger partial charge in [-0.25, -0.2) is 13.8 Å². The van der Waals surface area contributed by atoms with Gasteiger partial charge in [0.25, 0.3) is 5.92 Å². The summed E-state index contributed by atoms with van der Waals surface area (Å²) >= 11 is 0. The number of hydrogen-bond donors (Lipinski definition) is 2. The van der Waals surface area contributed by atoms with Crippen LogP contribution >= 0.6 is 0 Å². The highest BCUT2D eigenvalue weighted by Gasteiger charge is 2.47. The summed E-state index contributed by atoms with van der Waals surface area (Å²) in [5, 5.41) is 22.6. The number of benzene rings is 2. The van der Waals surface area contributed by atoms with Gasteiger partial charge in [0.1, 0.15) is 0 Å². The lowest BCUT2D eigenvalue weighted by molar-refractivity contribution is -0.120. The van der Waals surface area contributed by atoms with Crippen LogP contribution < -0.4 is 5.32 Å². The number of amides is 1. The van der Waals surface area contributed by atoms with Crippen molar-refractivity contribution in [1.29, 1.82) is 5.26 Å². The van der Waals surface area contributed by atoms with Crippen LogP contribution in [0.25, 0.3) is 11.0 Å². The fourth-order valence-corrected chi connectivity index (χ4v) is 3.81. The zero-order valence-corrected chi connectivity index (χ0v) is 16.3. The molecular weight excluding hydrogens is 390 g/mol. The van der Waals surface area contributed by atoms with Crippen molar-refractivity contribution in [3.8, 4) is 6.07 Å². The Morgan fingerprint density at radius 1 is 1.33 bits per heavy atom. The Morgan fingerprint density at radius 2 is 2.03 bits per heavy atom. The predicted molar refractivity (Wildman–Crippen MR) is 107 cm³/mol. The van der Waals surface area contributed by atoms with E-state index in [1.807, 2.05) is 12.1 Å². The van der Waals surface area contributed by atoms with Crippen molar-refractivity contribution in [2.45, 2.75) is 43.8 Å². The van der Waals surface area contributed by atoms with Crippen molar-refractivity contribution in [2.75, 3.05) is 5.32 Å². The van der Waals surface area contributed by atoms with Gasteiger partial charge in [0, 0.05) is 18.9 Å². The highest BCUT2D eigenvalue weighted by molar-refractivity contribution is 5.92. The van der Waals surface area contributed by atoms with Crippen molar-refractivity contribution in [1.82, 2.24) is 9.55 Å². The second-order valence-corrected chi connectivity index (χ2v) is 7.90. The lowest BCUT2D eigenvalue weighted by atomic mass is 9.88. The van der Waals surface area contributed by atoms with E-state index in [2.05, 4.69) is 10.3 Å². The monoisotopic (exact) mass is 410 g/mol. The standard InChI is InChI=1S/C22H20F2N4O2/c1-21(30,15-5-3-2-4-6-15)12-19(29)27-20-26-17-8-7-14(13-25)9-18(17)28(20)16-10-22(23,24)11-16/h2-9,16,30H,10-12H2,1H3,(H,26,27,29)/t21-/m0/s1. The average Bonchev–Trinajstić information content (AvgIpc) is 3.02. The zero-order valence-electron chi connectivity index (χ0n) is 16.3. The van der Waals surface area contributed by atoms with Gasteiger partial charge in [-0.3, -0.25) is 10.1 Å². The van der Waals surface area contributed by atoms with E-state index in [0.717, 1.165) is 0 Å². The van der Waals surface area contributed by atoms with Gasteiger partial charge in [-0.1, -0.05) is 30.3 Å². The third kappa shape index (κ3) is 3.76. The molecule has 1 atom stereocenters. The Bertz CT molecular complexity index is 1140. The fourth-order valence-electron chi connectivity index (χ4n) is 3.81. The minimum Gasteiger partial charge on any atom is -0.385 e. The maximum Gasteiger partial charge on any atom is 0.252 e. The topological polar surface area (TPSA) is 90.9 Å². The molecule has 4 rings (SSSR count). The summed E-state index contributed by atoms with van der Waals surface area (Å²) < 4.78 is 28.6. The van der Waals surface area contributed by atoms with E-state index in [0.29, 0.717) is 22.2 Å². The number of halogens is 2. The quantitative estimate of drug-likeness (QED) is 0.662. The van der Waals surface area contributed by atoms with Crippen LogP contribution in [0.4, 0.5) is 14.7 Å². The smallest absolute Gasteiger partial charge is 0.252 e. The molecule has 1 aliphatic carbocycles. The van der Waals surface area contributed by atoms with Crippen LogP contribution in [0.5, 0.6) is 0 Å². The number of imidazole rings is 1. The number of carbonyl (C=O) groups is 1. The lowest BCUT2D eigenvalue weighted by Crippen LogP contribution is -2.38. The van der Waals surface area contributed by atoms with Crippen molar-refractivity contribution in [3.05, 3.63) is 59.7 Å². The van der Waals surface area contributed by atoms with E-state index in [1.165, 1.54) is 6.92 Å². The maximum absolute atomic E-state index is 13.5. The van der Waals surface area contributed by atoms with Crippen LogP contribution in [-0.4, -0.2) is 26.5 Å². The first kappa shape index (κ1) is 20.0. The first-order valence-electron chi connectivity index (χ1n) is 9.56. The molecule has 0 aliphatic heterocycles. The number of nitrogens with zero attached hydrogens (tertiary/aromatic N) is 3. The van der Waals surface area contributed by atoms with Gasteiger partial charge < -0.3 is 9.67 Å². The van der Waals surface area contributed by atoms with Gasteiger partial charge in [-0.2, -0.15) is 5.26 Å². The van der Waals surface area contributed by atoms with Crippen molar-refractivity contribution in [2.24, 2.45) is 0 Å². The fraction of sp³-hybridized carbons (Fsp3) is 0.318. The molecule has 8 heteroatoms. The van der Waals surface area contributed by atoms with Crippen LogP contribution in [0.1, 0.15) is 43.4 Å². The molecule has 1 saturated carbocycles. The summed E-state index contributed by atoms with van der Waals surface area (Å²) in [5.74, 6) is -3.12. The number of aliphatic hydroxyl groups is 1. The number of aromatic nitrogens is 2. The second kappa shape index (κ2) is 7.18. The summed E-state index contributed by atoms with van der Waals surface area (Å²) in [5.41, 5.74) is 0.569. The molecule has 30 heavy (non-hydrogen) atoms. The SMILES string of the molecule is C[C@](O)(CC(=O)Nc1nc2ccc(C#N)cc2n1C1CC(F)(F)C1)c1ccccc1. The molecule has 0 radical (unpaired) electrons. The minimum absolute atomic E-state index is 0.134. The maximum atomic E-state index is 13.5. The first-order valence-corrected chi connectivity index (χ1v) is 9.56. The largest absolute Gasteiger partial charge is 0.385 e.